The van der Waals surface area contributed by atoms with E-state index in [2.05, 4.69) is 15.6 Å². The van der Waals surface area contributed by atoms with Crippen LogP contribution in [0.4, 0.5) is 4.39 Å². The number of fused-ring (bicyclic) bond motifs is 1. The van der Waals surface area contributed by atoms with Gasteiger partial charge in [0.1, 0.15) is 23.2 Å². The number of likely N-dealkylation sites (N-methyl/N-ethyl adjacent to an activating group) is 1. The number of hydrogen-bond acceptors (Lipinski definition) is 6. The number of nitrogens with one attached hydrogen (secondary N) is 2. The minimum atomic E-state index is -0.867. The third-order valence-electron chi connectivity index (χ3n) is 8.09. The number of nitrogens with zero attached hydrogens (tertiary/aromatic N) is 4. The zero-order valence-electron chi connectivity index (χ0n) is 25.7. The van der Waals surface area contributed by atoms with Gasteiger partial charge in [0.2, 0.25) is 11.8 Å². The van der Waals surface area contributed by atoms with Gasteiger partial charge in [0.15, 0.2) is 0 Å². The first-order valence-corrected chi connectivity index (χ1v) is 15.0. The van der Waals surface area contributed by atoms with Crippen molar-refractivity contribution in [2.75, 3.05) is 33.3 Å². The number of aryl methyl sites for hydroxylation is 1. The Balaban J connectivity index is 1.57. The molecule has 11 heteroatoms. The number of hydrogen-bond donors (Lipinski definition) is 2. The monoisotopic (exact) mass is 594 g/mol. The van der Waals surface area contributed by atoms with Crippen molar-refractivity contribution < 1.29 is 23.5 Å². The van der Waals surface area contributed by atoms with E-state index in [0.717, 1.165) is 17.5 Å². The maximum atomic E-state index is 14.0. The molecule has 0 aliphatic carbocycles. The van der Waals surface area contributed by atoms with Crippen LogP contribution in [0.25, 0.3) is 5.65 Å². The Labute approximate surface area is 252 Å². The number of aromatic nitrogens is 2. The lowest BCUT2D eigenvalue weighted by Gasteiger charge is -2.34. The first-order valence-electron chi connectivity index (χ1n) is 15.0. The molecule has 4 atom stereocenters. The van der Waals surface area contributed by atoms with E-state index in [-0.39, 0.29) is 29.6 Å². The lowest BCUT2D eigenvalue weighted by molar-refractivity contribution is -0.141. The Bertz CT molecular complexity index is 1410. The van der Waals surface area contributed by atoms with E-state index < -0.39 is 18.2 Å². The number of imidazole rings is 1. The molecule has 0 spiro atoms. The highest BCUT2D eigenvalue weighted by Gasteiger charge is 2.38. The normalized spacial score (nSPS) is 17.1. The predicted molar refractivity (Wildman–Crippen MR) is 162 cm³/mol. The molecule has 232 valence electrons. The largest absolute Gasteiger partial charge is 0.376 e. The molecule has 1 fully saturated rings. The summed E-state index contributed by atoms with van der Waals surface area (Å²) >= 11 is 0. The van der Waals surface area contributed by atoms with Crippen molar-refractivity contribution in [3.8, 4) is 0 Å². The quantitative estimate of drug-likeness (QED) is 0.315. The highest BCUT2D eigenvalue weighted by molar-refractivity contribution is 5.93. The van der Waals surface area contributed by atoms with Crippen molar-refractivity contribution in [1.82, 2.24) is 29.8 Å². The van der Waals surface area contributed by atoms with Gasteiger partial charge in [-0.05, 0) is 89.4 Å². The second-order valence-electron chi connectivity index (χ2n) is 11.2. The lowest BCUT2D eigenvalue weighted by atomic mass is 10.1. The van der Waals surface area contributed by atoms with Crippen LogP contribution in [0.5, 0.6) is 0 Å². The van der Waals surface area contributed by atoms with E-state index in [1.807, 2.05) is 36.6 Å². The molecular weight excluding hydrogens is 551 g/mol. The molecule has 2 N–H and O–H groups in total. The summed E-state index contributed by atoms with van der Waals surface area (Å²) in [4.78, 5) is 48.7. The van der Waals surface area contributed by atoms with Crippen LogP contribution in [-0.2, 0) is 20.7 Å². The summed E-state index contributed by atoms with van der Waals surface area (Å²) in [5, 5.41) is 5.79. The molecule has 3 aromatic rings. The smallest absolute Gasteiger partial charge is 0.274 e. The van der Waals surface area contributed by atoms with E-state index in [1.54, 1.807) is 49.0 Å². The number of pyridine rings is 1. The summed E-state index contributed by atoms with van der Waals surface area (Å²) in [6.07, 6.45) is 5.06. The minimum Gasteiger partial charge on any atom is -0.376 e. The number of rotatable bonds is 13. The van der Waals surface area contributed by atoms with Crippen molar-refractivity contribution in [2.24, 2.45) is 0 Å². The third-order valence-corrected chi connectivity index (χ3v) is 8.09. The van der Waals surface area contributed by atoms with Crippen molar-refractivity contribution >= 4 is 23.4 Å². The van der Waals surface area contributed by atoms with E-state index >= 15 is 0 Å². The Morgan fingerprint density at radius 3 is 2.63 bits per heavy atom. The van der Waals surface area contributed by atoms with Crippen LogP contribution in [-0.4, -0.2) is 94.4 Å². The molecule has 4 rings (SSSR count). The number of ether oxygens (including phenoxy) is 1. The lowest BCUT2D eigenvalue weighted by Crippen LogP contribution is -2.58. The second-order valence-corrected chi connectivity index (χ2v) is 11.2. The zero-order chi connectivity index (χ0) is 31.1. The average molecular weight is 595 g/mol. The highest BCUT2D eigenvalue weighted by Crippen LogP contribution is 2.22. The first-order chi connectivity index (χ1) is 20.6. The van der Waals surface area contributed by atoms with Crippen LogP contribution in [0.1, 0.15) is 55.2 Å². The molecule has 0 unspecified atom stereocenters. The predicted octanol–water partition coefficient (Wildman–Crippen LogP) is 2.98. The van der Waals surface area contributed by atoms with Gasteiger partial charge in [0, 0.05) is 44.7 Å². The van der Waals surface area contributed by atoms with Gasteiger partial charge in [-0.2, -0.15) is 0 Å². The number of likely N-dealkylation sites (tertiary alicyclic amines) is 1. The van der Waals surface area contributed by atoms with Gasteiger partial charge < -0.3 is 29.6 Å². The number of carbonyl (C=O) groups excluding carboxylic acids is 3. The van der Waals surface area contributed by atoms with Crippen molar-refractivity contribution in [3.05, 3.63) is 71.4 Å². The fraction of sp³-hybridized carbons (Fsp3) is 0.500. The third kappa shape index (κ3) is 7.97. The van der Waals surface area contributed by atoms with Gasteiger partial charge in [0.05, 0.1) is 12.1 Å². The minimum absolute atomic E-state index is 0.228. The molecule has 10 nitrogen and oxygen atoms in total. The van der Waals surface area contributed by atoms with Crippen LogP contribution in [0, 0.1) is 12.7 Å². The van der Waals surface area contributed by atoms with Crippen LogP contribution < -0.4 is 10.6 Å². The Morgan fingerprint density at radius 2 is 1.93 bits per heavy atom. The standard InChI is InChI=1S/C32H43FN6O4/c1-6-43-23(4)29(36-30(40)22(3)34-5)32(42)39-15-7-8-26(39)19-38(17-14-24-9-11-25(33)12-10-24)31(41)27-20-37-16-13-21(2)18-28(37)35-27/h9-13,16,18,20,22-23,26,29,34H,6-8,14-15,17,19H2,1-5H3,(H,36,40)/t22-,23+,26-,29-/m0/s1. The Morgan fingerprint density at radius 1 is 1.19 bits per heavy atom. The molecule has 0 radical (unpaired) electrons. The number of halogens is 1. The SMILES string of the molecule is CCO[C@H](C)[C@H](NC(=O)[C@H](C)NC)C(=O)N1CCC[C@H]1CN(CCc1ccc(F)cc1)C(=O)c1cn2ccc(C)cc2n1. The molecule has 3 heterocycles. The van der Waals surface area contributed by atoms with Gasteiger partial charge in [-0.3, -0.25) is 14.4 Å². The molecule has 0 bridgehead atoms. The van der Waals surface area contributed by atoms with Gasteiger partial charge >= 0.3 is 0 Å². The zero-order valence-corrected chi connectivity index (χ0v) is 25.7. The Hall–Kier alpha value is -3.83. The topological polar surface area (TPSA) is 108 Å². The number of benzene rings is 1. The van der Waals surface area contributed by atoms with Gasteiger partial charge in [-0.25, -0.2) is 9.37 Å². The maximum Gasteiger partial charge on any atom is 0.274 e. The van der Waals surface area contributed by atoms with Crippen LogP contribution >= 0.6 is 0 Å². The average Bonchev–Trinajstić information content (AvgIpc) is 3.64. The van der Waals surface area contributed by atoms with Gasteiger partial charge in [0.25, 0.3) is 5.91 Å². The van der Waals surface area contributed by atoms with Gasteiger partial charge in [-0.1, -0.05) is 12.1 Å². The van der Waals surface area contributed by atoms with E-state index in [1.165, 1.54) is 12.1 Å². The van der Waals surface area contributed by atoms with E-state index in [0.29, 0.717) is 50.4 Å². The molecule has 1 aromatic carbocycles. The van der Waals surface area contributed by atoms with Crippen molar-refractivity contribution in [3.63, 3.8) is 0 Å². The van der Waals surface area contributed by atoms with E-state index in [4.69, 9.17) is 4.74 Å². The second kappa shape index (κ2) is 14.6. The maximum absolute atomic E-state index is 14.0. The number of carbonyl (C=O) groups is 3. The fourth-order valence-corrected chi connectivity index (χ4v) is 5.44. The molecular formula is C32H43FN6O4. The molecule has 1 saturated heterocycles. The van der Waals surface area contributed by atoms with E-state index in [9.17, 15) is 18.8 Å². The molecule has 43 heavy (non-hydrogen) atoms. The summed E-state index contributed by atoms with van der Waals surface area (Å²) in [6, 6.07) is 8.52. The Kier molecular flexibility index (Phi) is 10.9. The summed E-state index contributed by atoms with van der Waals surface area (Å²) in [5.41, 5.74) is 2.93. The fourth-order valence-electron chi connectivity index (χ4n) is 5.44. The molecule has 1 aliphatic rings. The summed E-state index contributed by atoms with van der Waals surface area (Å²) in [6.45, 7) is 8.91. The molecule has 2 aromatic heterocycles. The molecule has 3 amide bonds. The summed E-state index contributed by atoms with van der Waals surface area (Å²) < 4.78 is 21.1. The summed E-state index contributed by atoms with van der Waals surface area (Å²) in [7, 11) is 1.69. The highest BCUT2D eigenvalue weighted by atomic mass is 19.1. The molecule has 1 aliphatic heterocycles. The van der Waals surface area contributed by atoms with Crippen LogP contribution in [0.15, 0.2) is 48.8 Å². The van der Waals surface area contributed by atoms with Crippen LogP contribution in [0.3, 0.4) is 0 Å². The summed E-state index contributed by atoms with van der Waals surface area (Å²) in [5.74, 6) is -1.07. The van der Waals surface area contributed by atoms with Crippen LogP contribution in [0.2, 0.25) is 0 Å². The van der Waals surface area contributed by atoms with Crippen molar-refractivity contribution in [1.29, 1.82) is 0 Å². The first kappa shape index (κ1) is 32.1. The van der Waals surface area contributed by atoms with Gasteiger partial charge in [-0.15, -0.1) is 0 Å². The molecule has 0 saturated carbocycles. The van der Waals surface area contributed by atoms with Crippen molar-refractivity contribution in [2.45, 2.75) is 71.2 Å². The number of amides is 3.